The lowest BCUT2D eigenvalue weighted by molar-refractivity contribution is 0.156. The van der Waals surface area contributed by atoms with Crippen molar-refractivity contribution in [2.45, 2.75) is 6.04 Å². The van der Waals surface area contributed by atoms with Gasteiger partial charge in [0.25, 0.3) is 0 Å². The maximum Gasteiger partial charge on any atom is 0.230 e. The van der Waals surface area contributed by atoms with Gasteiger partial charge in [-0.1, -0.05) is 41.7 Å². The van der Waals surface area contributed by atoms with E-state index in [1.807, 2.05) is 30.3 Å². The van der Waals surface area contributed by atoms with E-state index < -0.39 is 10.0 Å². The molecule has 0 radical (unpaired) electrons. The third-order valence-corrected chi connectivity index (χ3v) is 7.00. The van der Waals surface area contributed by atoms with Crippen LogP contribution in [0.15, 0.2) is 36.7 Å². The minimum Gasteiger partial charge on any atom is -0.492 e. The largest absolute Gasteiger partial charge is 0.492 e. The zero-order chi connectivity index (χ0) is 18.3. The predicted molar refractivity (Wildman–Crippen MR) is 98.8 cm³/mol. The summed E-state index contributed by atoms with van der Waals surface area (Å²) in [5.41, 5.74) is 1.04. The first-order valence-corrected chi connectivity index (χ1v) is 10.9. The zero-order valence-electron chi connectivity index (χ0n) is 14.2. The van der Waals surface area contributed by atoms with Crippen molar-refractivity contribution in [1.29, 1.82) is 0 Å². The number of rotatable bonds is 4. The number of hydrogen-bond acceptors (Lipinski definition) is 7. The van der Waals surface area contributed by atoms with Crippen LogP contribution in [0.25, 0.3) is 4.96 Å². The van der Waals surface area contributed by atoms with Gasteiger partial charge in [-0.05, 0) is 5.56 Å². The number of thiazole rings is 1. The number of hydrogen-bond donors (Lipinski definition) is 1. The average molecular weight is 393 g/mol. The van der Waals surface area contributed by atoms with Gasteiger partial charge in [0.2, 0.25) is 20.9 Å². The minimum absolute atomic E-state index is 0.0851. The normalized spacial score (nSPS) is 18.3. The van der Waals surface area contributed by atoms with Gasteiger partial charge in [-0.25, -0.2) is 13.4 Å². The Hall–Kier alpha value is -2.01. The van der Waals surface area contributed by atoms with Crippen molar-refractivity contribution in [3.05, 3.63) is 47.1 Å². The number of sulfonamides is 1. The third kappa shape index (κ3) is 3.09. The fourth-order valence-electron chi connectivity index (χ4n) is 3.33. The monoisotopic (exact) mass is 393 g/mol. The Bertz CT molecular complexity index is 1010. The van der Waals surface area contributed by atoms with Crippen molar-refractivity contribution in [2.75, 3.05) is 32.4 Å². The Morgan fingerprint density at radius 3 is 2.46 bits per heavy atom. The van der Waals surface area contributed by atoms with Crippen LogP contribution in [0.1, 0.15) is 16.5 Å². The Morgan fingerprint density at radius 1 is 1.15 bits per heavy atom. The molecule has 1 saturated heterocycles. The number of piperazine rings is 1. The summed E-state index contributed by atoms with van der Waals surface area (Å²) < 4.78 is 26.5. The molecule has 4 rings (SSSR count). The maximum absolute atomic E-state index is 11.8. The summed E-state index contributed by atoms with van der Waals surface area (Å²) in [6.45, 7) is 2.03. The Morgan fingerprint density at radius 2 is 1.85 bits per heavy atom. The molecule has 0 spiro atoms. The molecule has 1 atom stereocenters. The summed E-state index contributed by atoms with van der Waals surface area (Å²) >= 11 is 1.40. The first-order valence-electron chi connectivity index (χ1n) is 8.20. The van der Waals surface area contributed by atoms with E-state index in [1.165, 1.54) is 32.7 Å². The fourth-order valence-corrected chi connectivity index (χ4v) is 5.25. The standard InChI is InChI=1S/C16H19N5O3S2/c1-26(23,24)20-9-7-19(8-10-20)13(12-5-3-2-4-6-12)14-15(22)21-16(25-14)17-11-18-21/h2-6,11,13,22H,7-10H2,1H3. The van der Waals surface area contributed by atoms with Crippen molar-refractivity contribution in [3.63, 3.8) is 0 Å². The first kappa shape index (κ1) is 17.4. The van der Waals surface area contributed by atoms with E-state index in [0.29, 0.717) is 31.1 Å². The predicted octanol–water partition coefficient (Wildman–Crippen LogP) is 1.16. The molecule has 138 valence electrons. The average Bonchev–Trinajstić information content (AvgIpc) is 3.20. The summed E-state index contributed by atoms with van der Waals surface area (Å²) in [7, 11) is -3.19. The van der Waals surface area contributed by atoms with Crippen LogP contribution in [0, 0.1) is 0 Å². The van der Waals surface area contributed by atoms with E-state index in [1.54, 1.807) is 0 Å². The summed E-state index contributed by atoms with van der Waals surface area (Å²) in [5.74, 6) is 0.0851. The van der Waals surface area contributed by atoms with Crippen LogP contribution >= 0.6 is 11.3 Å². The van der Waals surface area contributed by atoms with Gasteiger partial charge >= 0.3 is 0 Å². The van der Waals surface area contributed by atoms with Gasteiger partial charge in [-0.15, -0.1) is 0 Å². The van der Waals surface area contributed by atoms with Crippen molar-refractivity contribution in [1.82, 2.24) is 23.8 Å². The lowest BCUT2D eigenvalue weighted by Gasteiger charge is -2.38. The molecule has 1 aliphatic rings. The molecule has 1 aromatic carbocycles. The molecule has 2 aromatic heterocycles. The molecule has 1 unspecified atom stereocenters. The van der Waals surface area contributed by atoms with Crippen LogP contribution in [0.2, 0.25) is 0 Å². The molecule has 0 amide bonds. The molecular formula is C16H19N5O3S2. The van der Waals surface area contributed by atoms with E-state index in [0.717, 1.165) is 10.4 Å². The van der Waals surface area contributed by atoms with Crippen molar-refractivity contribution in [2.24, 2.45) is 0 Å². The van der Waals surface area contributed by atoms with Crippen LogP contribution in [-0.4, -0.2) is 69.8 Å². The number of benzene rings is 1. The van der Waals surface area contributed by atoms with Crippen LogP contribution < -0.4 is 0 Å². The van der Waals surface area contributed by atoms with Gasteiger partial charge in [-0.2, -0.15) is 13.9 Å². The highest BCUT2D eigenvalue weighted by molar-refractivity contribution is 7.88. The smallest absolute Gasteiger partial charge is 0.230 e. The second-order valence-corrected chi connectivity index (χ2v) is 9.25. The van der Waals surface area contributed by atoms with E-state index in [9.17, 15) is 13.5 Å². The second kappa shape index (κ2) is 6.62. The van der Waals surface area contributed by atoms with Crippen LogP contribution in [0.3, 0.4) is 0 Å². The van der Waals surface area contributed by atoms with Crippen molar-refractivity contribution in [3.8, 4) is 5.88 Å². The second-order valence-electron chi connectivity index (χ2n) is 6.26. The van der Waals surface area contributed by atoms with Gasteiger partial charge in [-0.3, -0.25) is 4.90 Å². The molecule has 10 heteroatoms. The minimum atomic E-state index is -3.19. The van der Waals surface area contributed by atoms with Crippen molar-refractivity contribution < 1.29 is 13.5 Å². The van der Waals surface area contributed by atoms with Gasteiger partial charge in [0.05, 0.1) is 17.2 Å². The van der Waals surface area contributed by atoms with Crippen LogP contribution in [0.4, 0.5) is 0 Å². The summed E-state index contributed by atoms with van der Waals surface area (Å²) in [5, 5.41) is 14.7. The first-order chi connectivity index (χ1) is 12.4. The number of aromatic hydroxyl groups is 1. The van der Waals surface area contributed by atoms with Crippen LogP contribution in [0.5, 0.6) is 5.88 Å². The zero-order valence-corrected chi connectivity index (χ0v) is 15.8. The van der Waals surface area contributed by atoms with E-state index >= 15 is 0 Å². The highest BCUT2D eigenvalue weighted by Gasteiger charge is 2.33. The number of fused-ring (bicyclic) bond motifs is 1. The van der Waals surface area contributed by atoms with Gasteiger partial charge in [0.1, 0.15) is 6.33 Å². The van der Waals surface area contributed by atoms with Gasteiger partial charge < -0.3 is 5.11 Å². The molecule has 1 aliphatic heterocycles. The molecule has 26 heavy (non-hydrogen) atoms. The van der Waals surface area contributed by atoms with E-state index in [2.05, 4.69) is 15.0 Å². The summed E-state index contributed by atoms with van der Waals surface area (Å²) in [6.07, 6.45) is 2.65. The Balaban J connectivity index is 1.71. The summed E-state index contributed by atoms with van der Waals surface area (Å²) in [6, 6.07) is 9.73. The fraction of sp³-hybridized carbons (Fsp3) is 0.375. The molecule has 1 fully saturated rings. The van der Waals surface area contributed by atoms with Crippen molar-refractivity contribution >= 4 is 26.3 Å². The molecule has 0 aliphatic carbocycles. The Labute approximate surface area is 155 Å². The molecule has 0 saturated carbocycles. The highest BCUT2D eigenvalue weighted by atomic mass is 32.2. The van der Waals surface area contributed by atoms with Gasteiger partial charge in [0.15, 0.2) is 0 Å². The van der Waals surface area contributed by atoms with E-state index in [4.69, 9.17) is 0 Å². The topological polar surface area (TPSA) is 91.0 Å². The van der Waals surface area contributed by atoms with Gasteiger partial charge in [0, 0.05) is 26.2 Å². The third-order valence-electron chi connectivity index (χ3n) is 4.61. The maximum atomic E-state index is 11.8. The highest BCUT2D eigenvalue weighted by Crippen LogP contribution is 2.39. The molecule has 8 nitrogen and oxygen atoms in total. The number of nitrogens with zero attached hydrogens (tertiary/aromatic N) is 5. The number of aromatic nitrogens is 3. The quantitative estimate of drug-likeness (QED) is 0.715. The molecule has 0 bridgehead atoms. The molecule has 3 heterocycles. The SMILES string of the molecule is CS(=O)(=O)N1CCN(C(c2ccccc2)c2sc3ncnn3c2O)CC1. The lowest BCUT2D eigenvalue weighted by atomic mass is 10.0. The Kier molecular flexibility index (Phi) is 4.43. The molecule has 3 aromatic rings. The van der Waals surface area contributed by atoms with E-state index in [-0.39, 0.29) is 11.9 Å². The molecule has 1 N–H and O–H groups in total. The molecular weight excluding hydrogens is 374 g/mol. The summed E-state index contributed by atoms with van der Waals surface area (Å²) in [4.78, 5) is 7.76. The van der Waals surface area contributed by atoms with Crippen LogP contribution in [-0.2, 0) is 10.0 Å². The lowest BCUT2D eigenvalue weighted by Crippen LogP contribution is -2.49.